The van der Waals surface area contributed by atoms with Crippen LogP contribution in [0.25, 0.3) is 0 Å². The SMILES string of the molecule is Cn1ccnc1C(NC(=O)CCOc1cccc(Br)c1)c1ccc(F)cc1. The molecular formula is C20H19BrFN3O2. The molecule has 27 heavy (non-hydrogen) atoms. The molecule has 0 aliphatic carbocycles. The Hall–Kier alpha value is -2.67. The van der Waals surface area contributed by atoms with E-state index in [1.165, 1.54) is 12.1 Å². The highest BCUT2D eigenvalue weighted by Crippen LogP contribution is 2.21. The van der Waals surface area contributed by atoms with Crippen LogP contribution in [0.5, 0.6) is 5.75 Å². The molecule has 0 spiro atoms. The summed E-state index contributed by atoms with van der Waals surface area (Å²) in [5.74, 6) is 0.854. The summed E-state index contributed by atoms with van der Waals surface area (Å²) in [6.07, 6.45) is 3.65. The summed E-state index contributed by atoms with van der Waals surface area (Å²) in [5, 5.41) is 2.96. The first-order chi connectivity index (χ1) is 13.0. The van der Waals surface area contributed by atoms with Gasteiger partial charge < -0.3 is 14.6 Å². The van der Waals surface area contributed by atoms with E-state index >= 15 is 0 Å². The van der Waals surface area contributed by atoms with E-state index in [4.69, 9.17) is 4.74 Å². The fraction of sp³-hybridized carbons (Fsp3) is 0.200. The van der Waals surface area contributed by atoms with E-state index < -0.39 is 6.04 Å². The Labute approximate surface area is 165 Å². The fourth-order valence-electron chi connectivity index (χ4n) is 2.66. The summed E-state index contributed by atoms with van der Waals surface area (Å²) in [6.45, 7) is 0.249. The minimum atomic E-state index is -0.469. The molecule has 1 aromatic heterocycles. The minimum Gasteiger partial charge on any atom is -0.493 e. The average Bonchev–Trinajstić information content (AvgIpc) is 3.06. The van der Waals surface area contributed by atoms with Crippen molar-refractivity contribution in [2.45, 2.75) is 12.5 Å². The topological polar surface area (TPSA) is 56.2 Å². The smallest absolute Gasteiger partial charge is 0.224 e. The highest BCUT2D eigenvalue weighted by molar-refractivity contribution is 9.10. The number of rotatable bonds is 7. The number of hydrogen-bond acceptors (Lipinski definition) is 3. The van der Waals surface area contributed by atoms with Crippen LogP contribution in [-0.4, -0.2) is 22.1 Å². The zero-order valence-electron chi connectivity index (χ0n) is 14.7. The lowest BCUT2D eigenvalue weighted by atomic mass is 10.1. The Morgan fingerprint density at radius 2 is 2.07 bits per heavy atom. The number of nitrogens with one attached hydrogen (secondary N) is 1. The molecule has 1 unspecified atom stereocenters. The van der Waals surface area contributed by atoms with Crippen molar-refractivity contribution in [2.24, 2.45) is 7.05 Å². The molecule has 1 atom stereocenters. The van der Waals surface area contributed by atoms with Gasteiger partial charge >= 0.3 is 0 Å². The summed E-state index contributed by atoms with van der Waals surface area (Å²) in [6, 6.07) is 13.0. The third-order valence-corrected chi connectivity index (χ3v) is 4.51. The van der Waals surface area contributed by atoms with Gasteiger partial charge in [0.05, 0.1) is 13.0 Å². The highest BCUT2D eigenvalue weighted by Gasteiger charge is 2.20. The molecule has 0 aliphatic rings. The Bertz CT molecular complexity index is 912. The molecular weight excluding hydrogens is 413 g/mol. The molecule has 2 aromatic carbocycles. The number of nitrogens with zero attached hydrogens (tertiary/aromatic N) is 2. The lowest BCUT2D eigenvalue weighted by molar-refractivity contribution is -0.122. The number of aryl methyl sites for hydroxylation is 1. The molecule has 140 valence electrons. The lowest BCUT2D eigenvalue weighted by Crippen LogP contribution is -2.32. The normalized spacial score (nSPS) is 11.8. The Morgan fingerprint density at radius 3 is 2.74 bits per heavy atom. The van der Waals surface area contributed by atoms with Crippen LogP contribution in [0.1, 0.15) is 23.9 Å². The van der Waals surface area contributed by atoms with Crippen LogP contribution in [0.3, 0.4) is 0 Å². The van der Waals surface area contributed by atoms with E-state index in [0.29, 0.717) is 11.6 Å². The minimum absolute atomic E-state index is 0.178. The number of carbonyl (C=O) groups is 1. The van der Waals surface area contributed by atoms with Crippen LogP contribution in [-0.2, 0) is 11.8 Å². The van der Waals surface area contributed by atoms with E-state index in [0.717, 1.165) is 10.0 Å². The average molecular weight is 432 g/mol. The fourth-order valence-corrected chi connectivity index (χ4v) is 3.04. The zero-order chi connectivity index (χ0) is 19.2. The molecule has 1 N–H and O–H groups in total. The van der Waals surface area contributed by atoms with Gasteiger partial charge in [0.15, 0.2) is 0 Å². The van der Waals surface area contributed by atoms with E-state index in [1.807, 2.05) is 35.9 Å². The summed E-state index contributed by atoms with van der Waals surface area (Å²) in [5.41, 5.74) is 0.756. The molecule has 3 rings (SSSR count). The van der Waals surface area contributed by atoms with Gasteiger partial charge in [0.2, 0.25) is 5.91 Å². The Balaban J connectivity index is 1.66. The van der Waals surface area contributed by atoms with Crippen LogP contribution in [0, 0.1) is 5.82 Å². The van der Waals surface area contributed by atoms with E-state index in [-0.39, 0.29) is 24.8 Å². The number of ether oxygens (including phenoxy) is 1. The number of hydrogen-bond donors (Lipinski definition) is 1. The second-order valence-electron chi connectivity index (χ2n) is 6.00. The monoisotopic (exact) mass is 431 g/mol. The number of halogens is 2. The van der Waals surface area contributed by atoms with Crippen LogP contribution >= 0.6 is 15.9 Å². The van der Waals surface area contributed by atoms with Gasteiger partial charge in [-0.1, -0.05) is 34.1 Å². The van der Waals surface area contributed by atoms with Gasteiger partial charge in [-0.15, -0.1) is 0 Å². The molecule has 0 saturated heterocycles. The summed E-state index contributed by atoms with van der Waals surface area (Å²) in [4.78, 5) is 16.8. The first kappa shape index (κ1) is 19.1. The summed E-state index contributed by atoms with van der Waals surface area (Å²) >= 11 is 3.38. The van der Waals surface area contributed by atoms with Crippen molar-refractivity contribution in [3.63, 3.8) is 0 Å². The molecule has 1 heterocycles. The van der Waals surface area contributed by atoms with Gasteiger partial charge in [0, 0.05) is 23.9 Å². The first-order valence-electron chi connectivity index (χ1n) is 8.43. The maximum atomic E-state index is 13.3. The number of amides is 1. The van der Waals surface area contributed by atoms with Gasteiger partial charge in [-0.3, -0.25) is 4.79 Å². The van der Waals surface area contributed by atoms with Gasteiger partial charge in [0.25, 0.3) is 0 Å². The third kappa shape index (κ3) is 5.17. The van der Waals surface area contributed by atoms with Crippen molar-refractivity contribution in [2.75, 3.05) is 6.61 Å². The van der Waals surface area contributed by atoms with Gasteiger partial charge in [-0.25, -0.2) is 9.37 Å². The van der Waals surface area contributed by atoms with Crippen LogP contribution in [0.4, 0.5) is 4.39 Å². The standard InChI is InChI=1S/C20H19BrFN3O2/c1-25-11-10-23-20(25)19(14-5-7-16(22)8-6-14)24-18(26)9-12-27-17-4-2-3-15(21)13-17/h2-8,10-11,13,19H,9,12H2,1H3,(H,24,26). The molecule has 1 amide bonds. The summed E-state index contributed by atoms with van der Waals surface area (Å²) in [7, 11) is 1.85. The molecule has 3 aromatic rings. The quantitative estimate of drug-likeness (QED) is 0.614. The summed E-state index contributed by atoms with van der Waals surface area (Å²) < 4.78 is 21.6. The van der Waals surface area contributed by atoms with Gasteiger partial charge in [0.1, 0.15) is 23.4 Å². The Morgan fingerprint density at radius 1 is 1.30 bits per heavy atom. The maximum absolute atomic E-state index is 13.3. The number of imidazole rings is 1. The van der Waals surface area contributed by atoms with Gasteiger partial charge in [-0.2, -0.15) is 0 Å². The molecule has 0 fully saturated rings. The van der Waals surface area contributed by atoms with Crippen molar-refractivity contribution < 1.29 is 13.9 Å². The number of benzene rings is 2. The van der Waals surface area contributed by atoms with E-state index in [1.54, 1.807) is 24.5 Å². The molecule has 0 saturated carbocycles. The predicted octanol–water partition coefficient (Wildman–Crippen LogP) is 4.00. The van der Waals surface area contributed by atoms with E-state index in [9.17, 15) is 9.18 Å². The second kappa shape index (κ2) is 8.81. The van der Waals surface area contributed by atoms with Crippen molar-refractivity contribution >= 4 is 21.8 Å². The first-order valence-corrected chi connectivity index (χ1v) is 9.22. The Kier molecular flexibility index (Phi) is 6.24. The molecule has 0 radical (unpaired) electrons. The third-order valence-electron chi connectivity index (χ3n) is 4.02. The highest BCUT2D eigenvalue weighted by atomic mass is 79.9. The lowest BCUT2D eigenvalue weighted by Gasteiger charge is -2.19. The van der Waals surface area contributed by atoms with E-state index in [2.05, 4.69) is 26.2 Å². The van der Waals surface area contributed by atoms with Crippen molar-refractivity contribution in [3.8, 4) is 5.75 Å². The van der Waals surface area contributed by atoms with Crippen LogP contribution < -0.4 is 10.1 Å². The molecule has 5 nitrogen and oxygen atoms in total. The van der Waals surface area contributed by atoms with Crippen molar-refractivity contribution in [1.82, 2.24) is 14.9 Å². The number of carbonyl (C=O) groups excluding carboxylic acids is 1. The van der Waals surface area contributed by atoms with Gasteiger partial charge in [-0.05, 0) is 35.9 Å². The van der Waals surface area contributed by atoms with Crippen molar-refractivity contribution in [1.29, 1.82) is 0 Å². The largest absolute Gasteiger partial charge is 0.493 e. The molecule has 0 bridgehead atoms. The van der Waals surface area contributed by atoms with Crippen molar-refractivity contribution in [3.05, 3.63) is 82.6 Å². The maximum Gasteiger partial charge on any atom is 0.224 e. The zero-order valence-corrected chi connectivity index (χ0v) is 16.3. The number of aromatic nitrogens is 2. The second-order valence-corrected chi connectivity index (χ2v) is 6.92. The predicted molar refractivity (Wildman–Crippen MR) is 104 cm³/mol. The molecule has 0 aliphatic heterocycles. The molecule has 7 heteroatoms. The van der Waals surface area contributed by atoms with Crippen LogP contribution in [0.2, 0.25) is 0 Å². The van der Waals surface area contributed by atoms with Crippen LogP contribution in [0.15, 0.2) is 65.4 Å².